The third kappa shape index (κ3) is 2.75. The minimum atomic E-state index is -3.21. The Morgan fingerprint density at radius 1 is 1.55 bits per heavy atom. The Hall–Kier alpha value is -0.920. The average molecular weight is 299 g/mol. The van der Waals surface area contributed by atoms with Gasteiger partial charge in [0.15, 0.2) is 0 Å². The molecule has 2 atom stereocenters. The van der Waals surface area contributed by atoms with Crippen LogP contribution < -0.4 is 0 Å². The van der Waals surface area contributed by atoms with E-state index in [4.69, 9.17) is 4.74 Å². The zero-order valence-electron chi connectivity index (χ0n) is 11.7. The average Bonchev–Trinajstić information content (AvgIpc) is 3.07. The molecule has 2 aliphatic rings. The number of H-pyrrole nitrogens is 1. The molecular weight excluding hydrogens is 278 g/mol. The van der Waals surface area contributed by atoms with Gasteiger partial charge in [-0.1, -0.05) is 6.92 Å². The summed E-state index contributed by atoms with van der Waals surface area (Å²) in [7, 11) is -3.21. The molecule has 1 aromatic heterocycles. The van der Waals surface area contributed by atoms with Gasteiger partial charge in [-0.25, -0.2) is 8.42 Å². The first kappa shape index (κ1) is 14.0. The van der Waals surface area contributed by atoms with E-state index in [1.54, 1.807) is 10.5 Å². The first-order valence-electron chi connectivity index (χ1n) is 7.18. The van der Waals surface area contributed by atoms with Crippen LogP contribution in [0.1, 0.15) is 43.4 Å². The van der Waals surface area contributed by atoms with Gasteiger partial charge in [0.05, 0.1) is 18.1 Å². The Morgan fingerprint density at radius 2 is 2.40 bits per heavy atom. The zero-order valence-corrected chi connectivity index (χ0v) is 12.5. The number of nitrogens with one attached hydrogen (secondary N) is 1. The molecule has 0 radical (unpaired) electrons. The lowest BCUT2D eigenvalue weighted by Crippen LogP contribution is -2.39. The number of sulfonamides is 1. The first-order chi connectivity index (χ1) is 9.56. The van der Waals surface area contributed by atoms with Crippen LogP contribution in [-0.2, 0) is 21.3 Å². The Bertz CT molecular complexity index is 563. The third-order valence-electron chi connectivity index (χ3n) is 4.18. The summed E-state index contributed by atoms with van der Waals surface area (Å²) in [6, 6.07) is 0. The molecular formula is C13H21N3O3S. The molecule has 1 N–H and O–H groups in total. The van der Waals surface area contributed by atoms with Gasteiger partial charge in [-0.05, 0) is 19.3 Å². The maximum absolute atomic E-state index is 12.5. The van der Waals surface area contributed by atoms with Crippen LogP contribution in [0.4, 0.5) is 0 Å². The number of aromatic amines is 1. The normalized spacial score (nSPS) is 27.6. The highest BCUT2D eigenvalue weighted by atomic mass is 32.2. The fourth-order valence-electron chi connectivity index (χ4n) is 3.02. The zero-order chi connectivity index (χ0) is 14.2. The van der Waals surface area contributed by atoms with Gasteiger partial charge in [0, 0.05) is 36.9 Å². The summed E-state index contributed by atoms with van der Waals surface area (Å²) in [5.74, 6) is 0.344. The number of hydrogen-bond acceptors (Lipinski definition) is 4. The van der Waals surface area contributed by atoms with E-state index in [0.717, 1.165) is 30.7 Å². The van der Waals surface area contributed by atoms with Crippen molar-refractivity contribution in [1.29, 1.82) is 0 Å². The van der Waals surface area contributed by atoms with Crippen molar-refractivity contribution < 1.29 is 13.2 Å². The molecule has 1 aromatic rings. The minimum absolute atomic E-state index is 0.122. The predicted octanol–water partition coefficient (Wildman–Crippen LogP) is 1.23. The molecule has 0 saturated carbocycles. The van der Waals surface area contributed by atoms with E-state index in [9.17, 15) is 8.42 Å². The minimum Gasteiger partial charge on any atom is -0.378 e. The summed E-state index contributed by atoms with van der Waals surface area (Å²) in [6.07, 6.45) is 4.48. The SMILES string of the molecule is CC1CN(S(=O)(=O)CCC2CCCO2)Cc2cn[nH]c21. The van der Waals surface area contributed by atoms with E-state index in [1.807, 2.05) is 6.92 Å². The van der Waals surface area contributed by atoms with E-state index in [2.05, 4.69) is 10.2 Å². The van der Waals surface area contributed by atoms with Gasteiger partial charge in [-0.3, -0.25) is 5.10 Å². The van der Waals surface area contributed by atoms with Crippen LogP contribution >= 0.6 is 0 Å². The molecule has 2 unspecified atom stereocenters. The molecule has 0 bridgehead atoms. The second-order valence-corrected chi connectivity index (χ2v) is 7.83. The van der Waals surface area contributed by atoms with Crippen molar-refractivity contribution in [3.63, 3.8) is 0 Å². The lowest BCUT2D eigenvalue weighted by atomic mass is 10.0. The Labute approximate surface area is 119 Å². The molecule has 0 aliphatic carbocycles. The van der Waals surface area contributed by atoms with Crippen LogP contribution in [0.25, 0.3) is 0 Å². The standard InChI is InChI=1S/C13H21N3O3S/c1-10-8-16(9-11-7-14-15-13(10)11)20(17,18)6-4-12-3-2-5-19-12/h7,10,12H,2-6,8-9H2,1H3,(H,14,15). The van der Waals surface area contributed by atoms with E-state index in [1.165, 1.54) is 0 Å². The number of hydrogen-bond donors (Lipinski definition) is 1. The molecule has 3 heterocycles. The molecule has 0 aromatic carbocycles. The smallest absolute Gasteiger partial charge is 0.214 e. The van der Waals surface area contributed by atoms with Crippen molar-refractivity contribution in [3.05, 3.63) is 17.5 Å². The Kier molecular flexibility index (Phi) is 3.83. The number of rotatable bonds is 4. The summed E-state index contributed by atoms with van der Waals surface area (Å²) >= 11 is 0. The number of ether oxygens (including phenoxy) is 1. The maximum Gasteiger partial charge on any atom is 0.214 e. The van der Waals surface area contributed by atoms with Gasteiger partial charge >= 0.3 is 0 Å². The monoisotopic (exact) mass is 299 g/mol. The Balaban J connectivity index is 1.66. The maximum atomic E-state index is 12.5. The largest absolute Gasteiger partial charge is 0.378 e. The van der Waals surface area contributed by atoms with Crippen LogP contribution in [0.5, 0.6) is 0 Å². The van der Waals surface area contributed by atoms with Crippen molar-refractivity contribution in [1.82, 2.24) is 14.5 Å². The van der Waals surface area contributed by atoms with Crippen LogP contribution in [0.2, 0.25) is 0 Å². The first-order valence-corrected chi connectivity index (χ1v) is 8.79. The number of fused-ring (bicyclic) bond motifs is 1. The van der Waals surface area contributed by atoms with Crippen LogP contribution in [0, 0.1) is 0 Å². The van der Waals surface area contributed by atoms with Gasteiger partial charge in [0.25, 0.3) is 0 Å². The Morgan fingerprint density at radius 3 is 3.15 bits per heavy atom. The van der Waals surface area contributed by atoms with Crippen molar-refractivity contribution >= 4 is 10.0 Å². The van der Waals surface area contributed by atoms with E-state index in [-0.39, 0.29) is 17.8 Å². The summed E-state index contributed by atoms with van der Waals surface area (Å²) in [5.41, 5.74) is 2.06. The summed E-state index contributed by atoms with van der Waals surface area (Å²) in [5, 5.41) is 6.98. The lowest BCUT2D eigenvalue weighted by Gasteiger charge is -2.30. The molecule has 20 heavy (non-hydrogen) atoms. The number of aromatic nitrogens is 2. The van der Waals surface area contributed by atoms with Gasteiger partial charge in [-0.2, -0.15) is 9.40 Å². The molecule has 7 heteroatoms. The molecule has 0 amide bonds. The number of nitrogens with zero attached hydrogens (tertiary/aromatic N) is 2. The van der Waals surface area contributed by atoms with Crippen LogP contribution in [0.3, 0.4) is 0 Å². The van der Waals surface area contributed by atoms with Crippen LogP contribution in [-0.4, -0.2) is 47.9 Å². The van der Waals surface area contributed by atoms with Crippen molar-refractivity contribution in [3.8, 4) is 0 Å². The summed E-state index contributed by atoms with van der Waals surface area (Å²) in [6.45, 7) is 3.76. The quantitative estimate of drug-likeness (QED) is 0.907. The van der Waals surface area contributed by atoms with Gasteiger partial charge in [0.1, 0.15) is 0 Å². The predicted molar refractivity (Wildman–Crippen MR) is 74.8 cm³/mol. The van der Waals surface area contributed by atoms with Gasteiger partial charge < -0.3 is 4.74 Å². The third-order valence-corrected chi connectivity index (χ3v) is 6.00. The lowest BCUT2D eigenvalue weighted by molar-refractivity contribution is 0.108. The van der Waals surface area contributed by atoms with Gasteiger partial charge in [0.2, 0.25) is 10.0 Å². The molecule has 1 fully saturated rings. The molecule has 112 valence electrons. The topological polar surface area (TPSA) is 75.3 Å². The van der Waals surface area contributed by atoms with Crippen molar-refractivity contribution in [2.24, 2.45) is 0 Å². The molecule has 6 nitrogen and oxygen atoms in total. The molecule has 2 aliphatic heterocycles. The fraction of sp³-hybridized carbons (Fsp3) is 0.769. The van der Waals surface area contributed by atoms with E-state index in [0.29, 0.717) is 19.5 Å². The molecule has 3 rings (SSSR count). The highest BCUT2D eigenvalue weighted by molar-refractivity contribution is 7.89. The summed E-state index contributed by atoms with van der Waals surface area (Å²) < 4.78 is 32.0. The highest BCUT2D eigenvalue weighted by Gasteiger charge is 2.32. The van der Waals surface area contributed by atoms with Gasteiger partial charge in [-0.15, -0.1) is 0 Å². The molecule has 0 spiro atoms. The van der Waals surface area contributed by atoms with E-state index >= 15 is 0 Å². The summed E-state index contributed by atoms with van der Waals surface area (Å²) in [4.78, 5) is 0. The molecule has 1 saturated heterocycles. The van der Waals surface area contributed by atoms with Crippen LogP contribution in [0.15, 0.2) is 6.20 Å². The second-order valence-electron chi connectivity index (χ2n) is 5.74. The van der Waals surface area contributed by atoms with E-state index < -0.39 is 10.0 Å². The van der Waals surface area contributed by atoms with Crippen molar-refractivity contribution in [2.45, 2.75) is 44.8 Å². The highest BCUT2D eigenvalue weighted by Crippen LogP contribution is 2.28. The second kappa shape index (κ2) is 5.46. The van der Waals surface area contributed by atoms with Crippen molar-refractivity contribution in [2.75, 3.05) is 18.9 Å². The fourth-order valence-corrected chi connectivity index (χ4v) is 4.62.